The monoisotopic (exact) mass is 226 g/mol. The van der Waals surface area contributed by atoms with Gasteiger partial charge in [-0.3, -0.25) is 4.90 Å². The lowest BCUT2D eigenvalue weighted by atomic mass is 10.1. The maximum atomic E-state index is 5.84. The SMILES string of the molecule is CCCC(C)N(C)Cc1ccnc(Cl)c1. The maximum absolute atomic E-state index is 5.84. The second-order valence-corrected chi connectivity index (χ2v) is 4.43. The van der Waals surface area contributed by atoms with E-state index in [2.05, 4.69) is 30.8 Å². The number of halogens is 1. The zero-order valence-electron chi connectivity index (χ0n) is 9.70. The van der Waals surface area contributed by atoms with Crippen LogP contribution in [0, 0.1) is 0 Å². The Labute approximate surface area is 97.3 Å². The first-order valence-corrected chi connectivity index (χ1v) is 5.82. The van der Waals surface area contributed by atoms with E-state index in [4.69, 9.17) is 11.6 Å². The molecule has 0 N–H and O–H groups in total. The van der Waals surface area contributed by atoms with Crippen LogP contribution in [-0.2, 0) is 6.54 Å². The maximum Gasteiger partial charge on any atom is 0.129 e. The van der Waals surface area contributed by atoms with Crippen LogP contribution in [0.1, 0.15) is 32.3 Å². The number of rotatable bonds is 5. The Morgan fingerprint density at radius 2 is 2.27 bits per heavy atom. The minimum atomic E-state index is 0.573. The van der Waals surface area contributed by atoms with Crippen LogP contribution in [0.5, 0.6) is 0 Å². The molecule has 0 radical (unpaired) electrons. The Kier molecular flexibility index (Phi) is 5.06. The predicted octanol–water partition coefficient (Wildman–Crippen LogP) is 3.36. The molecule has 0 aromatic carbocycles. The van der Waals surface area contributed by atoms with Crippen molar-refractivity contribution in [2.45, 2.75) is 39.3 Å². The minimum Gasteiger partial charge on any atom is -0.299 e. The average Bonchev–Trinajstić information content (AvgIpc) is 2.18. The third kappa shape index (κ3) is 4.18. The first-order chi connectivity index (χ1) is 7.13. The van der Waals surface area contributed by atoms with Crippen LogP contribution in [0.2, 0.25) is 5.15 Å². The molecule has 0 amide bonds. The standard InChI is InChI=1S/C12H19ClN2/c1-4-5-10(2)15(3)9-11-6-7-14-12(13)8-11/h6-8,10H,4-5,9H2,1-3H3. The molecule has 0 aliphatic carbocycles. The molecule has 1 rings (SSSR count). The van der Waals surface area contributed by atoms with Crippen molar-refractivity contribution in [1.29, 1.82) is 0 Å². The van der Waals surface area contributed by atoms with E-state index < -0.39 is 0 Å². The first-order valence-electron chi connectivity index (χ1n) is 5.44. The van der Waals surface area contributed by atoms with Gasteiger partial charge in [0.15, 0.2) is 0 Å². The van der Waals surface area contributed by atoms with Gasteiger partial charge in [-0.2, -0.15) is 0 Å². The van der Waals surface area contributed by atoms with Crippen LogP contribution in [0.3, 0.4) is 0 Å². The molecule has 0 aliphatic heterocycles. The lowest BCUT2D eigenvalue weighted by molar-refractivity contribution is 0.237. The van der Waals surface area contributed by atoms with Crippen molar-refractivity contribution in [2.24, 2.45) is 0 Å². The number of hydrogen-bond donors (Lipinski definition) is 0. The van der Waals surface area contributed by atoms with Crippen LogP contribution in [0.15, 0.2) is 18.3 Å². The van der Waals surface area contributed by atoms with Crippen molar-refractivity contribution in [3.05, 3.63) is 29.0 Å². The lowest BCUT2D eigenvalue weighted by Gasteiger charge is -2.24. The van der Waals surface area contributed by atoms with Gasteiger partial charge >= 0.3 is 0 Å². The molecule has 1 aromatic rings. The van der Waals surface area contributed by atoms with E-state index in [1.807, 2.05) is 12.1 Å². The molecule has 84 valence electrons. The molecule has 0 fully saturated rings. The minimum absolute atomic E-state index is 0.573. The van der Waals surface area contributed by atoms with Crippen molar-refractivity contribution in [1.82, 2.24) is 9.88 Å². The van der Waals surface area contributed by atoms with E-state index in [-0.39, 0.29) is 0 Å². The zero-order valence-corrected chi connectivity index (χ0v) is 10.5. The van der Waals surface area contributed by atoms with Crippen LogP contribution in [0.25, 0.3) is 0 Å². The number of hydrogen-bond acceptors (Lipinski definition) is 2. The molecule has 3 heteroatoms. The van der Waals surface area contributed by atoms with Crippen LogP contribution in [0.4, 0.5) is 0 Å². The highest BCUT2D eigenvalue weighted by molar-refractivity contribution is 6.29. The predicted molar refractivity (Wildman–Crippen MR) is 65.1 cm³/mol. The molecular formula is C12H19ClN2. The molecule has 15 heavy (non-hydrogen) atoms. The van der Waals surface area contributed by atoms with Gasteiger partial charge < -0.3 is 0 Å². The third-order valence-corrected chi connectivity index (χ3v) is 2.89. The van der Waals surface area contributed by atoms with E-state index >= 15 is 0 Å². The van der Waals surface area contributed by atoms with Crippen LogP contribution in [-0.4, -0.2) is 23.0 Å². The van der Waals surface area contributed by atoms with Crippen LogP contribution < -0.4 is 0 Å². The molecule has 1 atom stereocenters. The summed E-state index contributed by atoms with van der Waals surface area (Å²) in [4.78, 5) is 6.32. The first kappa shape index (κ1) is 12.5. The molecular weight excluding hydrogens is 208 g/mol. The Morgan fingerprint density at radius 3 is 2.87 bits per heavy atom. The molecule has 0 spiro atoms. The Bertz CT molecular complexity index is 301. The van der Waals surface area contributed by atoms with E-state index in [1.54, 1.807) is 6.20 Å². The third-order valence-electron chi connectivity index (χ3n) is 2.68. The van der Waals surface area contributed by atoms with Crippen molar-refractivity contribution >= 4 is 11.6 Å². The second-order valence-electron chi connectivity index (χ2n) is 4.04. The summed E-state index contributed by atoms with van der Waals surface area (Å²) >= 11 is 5.84. The molecule has 0 bridgehead atoms. The van der Waals surface area contributed by atoms with Gasteiger partial charge in [-0.05, 0) is 38.1 Å². The van der Waals surface area contributed by atoms with Gasteiger partial charge in [-0.1, -0.05) is 24.9 Å². The van der Waals surface area contributed by atoms with Gasteiger partial charge in [0.2, 0.25) is 0 Å². The quantitative estimate of drug-likeness (QED) is 0.716. The summed E-state index contributed by atoms with van der Waals surface area (Å²) in [6, 6.07) is 4.56. The smallest absolute Gasteiger partial charge is 0.129 e. The largest absolute Gasteiger partial charge is 0.299 e. The van der Waals surface area contributed by atoms with E-state index in [9.17, 15) is 0 Å². The number of pyridine rings is 1. The molecule has 0 aliphatic rings. The van der Waals surface area contributed by atoms with E-state index in [0.29, 0.717) is 11.2 Å². The highest BCUT2D eigenvalue weighted by Gasteiger charge is 2.08. The highest BCUT2D eigenvalue weighted by Crippen LogP contribution is 2.12. The van der Waals surface area contributed by atoms with Crippen molar-refractivity contribution in [3.8, 4) is 0 Å². The fraction of sp³-hybridized carbons (Fsp3) is 0.583. The van der Waals surface area contributed by atoms with Crippen molar-refractivity contribution in [3.63, 3.8) is 0 Å². The van der Waals surface area contributed by atoms with Gasteiger partial charge in [0.1, 0.15) is 5.15 Å². The van der Waals surface area contributed by atoms with E-state index in [0.717, 1.165) is 6.54 Å². The summed E-state index contributed by atoms with van der Waals surface area (Å²) in [5, 5.41) is 0.573. The molecule has 0 saturated heterocycles. The topological polar surface area (TPSA) is 16.1 Å². The summed E-state index contributed by atoms with van der Waals surface area (Å²) in [5.41, 5.74) is 1.22. The summed E-state index contributed by atoms with van der Waals surface area (Å²) in [6.07, 6.45) is 4.22. The Hall–Kier alpha value is -0.600. The van der Waals surface area contributed by atoms with Gasteiger partial charge in [0.05, 0.1) is 0 Å². The molecule has 1 heterocycles. The Balaban J connectivity index is 2.54. The fourth-order valence-electron chi connectivity index (χ4n) is 1.62. The van der Waals surface area contributed by atoms with Gasteiger partial charge in [-0.15, -0.1) is 0 Å². The highest BCUT2D eigenvalue weighted by atomic mass is 35.5. The molecule has 2 nitrogen and oxygen atoms in total. The zero-order chi connectivity index (χ0) is 11.3. The molecule has 0 saturated carbocycles. The normalized spacial score (nSPS) is 13.1. The second kappa shape index (κ2) is 6.09. The molecule has 1 unspecified atom stereocenters. The summed E-state index contributed by atoms with van der Waals surface area (Å²) in [5.74, 6) is 0. The summed E-state index contributed by atoms with van der Waals surface area (Å²) < 4.78 is 0. The van der Waals surface area contributed by atoms with Gasteiger partial charge in [-0.25, -0.2) is 4.98 Å². The van der Waals surface area contributed by atoms with Gasteiger partial charge in [0, 0.05) is 18.8 Å². The van der Waals surface area contributed by atoms with Crippen molar-refractivity contribution in [2.75, 3.05) is 7.05 Å². The van der Waals surface area contributed by atoms with Gasteiger partial charge in [0.25, 0.3) is 0 Å². The summed E-state index contributed by atoms with van der Waals surface area (Å²) in [6.45, 7) is 5.41. The molecule has 1 aromatic heterocycles. The number of aromatic nitrogens is 1. The summed E-state index contributed by atoms with van der Waals surface area (Å²) in [7, 11) is 2.15. The van der Waals surface area contributed by atoms with Crippen LogP contribution >= 0.6 is 11.6 Å². The lowest BCUT2D eigenvalue weighted by Crippen LogP contribution is -2.28. The fourth-order valence-corrected chi connectivity index (χ4v) is 1.82. The Morgan fingerprint density at radius 1 is 1.53 bits per heavy atom. The number of nitrogens with zero attached hydrogens (tertiary/aromatic N) is 2. The van der Waals surface area contributed by atoms with E-state index in [1.165, 1.54) is 18.4 Å². The van der Waals surface area contributed by atoms with Crippen molar-refractivity contribution < 1.29 is 0 Å². The average molecular weight is 227 g/mol.